The summed E-state index contributed by atoms with van der Waals surface area (Å²) in [6, 6.07) is -0.580. The summed E-state index contributed by atoms with van der Waals surface area (Å²) in [4.78, 5) is 23.0. The van der Waals surface area contributed by atoms with Gasteiger partial charge in [0, 0.05) is 0 Å². The molecule has 0 bridgehead atoms. The van der Waals surface area contributed by atoms with Crippen LogP contribution in [0.25, 0.3) is 0 Å². The summed E-state index contributed by atoms with van der Waals surface area (Å²) >= 11 is 0. The quantitative estimate of drug-likeness (QED) is 0.326. The number of rotatable bonds is 10. The molecule has 1 aliphatic carbocycles. The van der Waals surface area contributed by atoms with E-state index in [9.17, 15) is 9.70 Å². The summed E-state index contributed by atoms with van der Waals surface area (Å²) in [7, 11) is 0. The molecule has 0 aromatic carbocycles. The van der Waals surface area contributed by atoms with Crippen LogP contribution in [0.4, 0.5) is 0 Å². The molecule has 0 N–H and O–H groups in total. The Morgan fingerprint density at radius 1 is 1.36 bits per heavy atom. The van der Waals surface area contributed by atoms with Crippen LogP contribution in [0.15, 0.2) is 29.0 Å². The average molecular weight is 307 g/mol. The Morgan fingerprint density at radius 2 is 2.14 bits per heavy atom. The smallest absolute Gasteiger partial charge is 0.306 e. The molecule has 124 valence electrons. The molecule has 1 atom stereocenters. The number of carbonyl (C=O) groups excluding carboxylic acids is 1. The average Bonchev–Trinajstić information content (AvgIpc) is 2.48. The molecule has 0 saturated heterocycles. The van der Waals surface area contributed by atoms with Crippen LogP contribution in [0.5, 0.6) is 0 Å². The lowest BCUT2D eigenvalue weighted by molar-refractivity contribution is -0.146. The molecule has 1 rings (SSSR count). The zero-order chi connectivity index (χ0) is 16.4. The minimum atomic E-state index is -0.580. The van der Waals surface area contributed by atoms with Crippen molar-refractivity contribution in [3.63, 3.8) is 0 Å². The fourth-order valence-electron chi connectivity index (χ4n) is 2.62. The molecule has 0 spiro atoms. The number of unbranched alkanes of at least 4 members (excludes halogenated alkanes) is 2. The van der Waals surface area contributed by atoms with Gasteiger partial charge in [0.05, 0.1) is 6.42 Å². The fraction of sp³-hybridized carbons (Fsp3) is 0.722. The van der Waals surface area contributed by atoms with Gasteiger partial charge in [-0.2, -0.15) is 4.91 Å². The van der Waals surface area contributed by atoms with Crippen LogP contribution in [0.3, 0.4) is 0 Å². The number of carbonyl (C=O) groups is 1. The van der Waals surface area contributed by atoms with Crippen LogP contribution in [0, 0.1) is 10.3 Å². The van der Waals surface area contributed by atoms with Gasteiger partial charge < -0.3 is 4.74 Å². The molecule has 0 amide bonds. The molecule has 0 aromatic rings. The lowest BCUT2D eigenvalue weighted by Crippen LogP contribution is -2.23. The summed E-state index contributed by atoms with van der Waals surface area (Å²) in [5.41, 5.74) is 0.802. The Kier molecular flexibility index (Phi) is 8.07. The third-order valence-electron chi connectivity index (χ3n) is 4.02. The van der Waals surface area contributed by atoms with Crippen molar-refractivity contribution in [3.05, 3.63) is 28.7 Å². The summed E-state index contributed by atoms with van der Waals surface area (Å²) in [5.74, 6) is -0.240. The van der Waals surface area contributed by atoms with Crippen molar-refractivity contribution in [2.24, 2.45) is 10.6 Å². The van der Waals surface area contributed by atoms with Gasteiger partial charge in [0.2, 0.25) is 0 Å². The molecule has 4 nitrogen and oxygen atoms in total. The maximum atomic E-state index is 12.0. The van der Waals surface area contributed by atoms with Gasteiger partial charge in [-0.25, -0.2) is 0 Å². The number of nitroso groups, excluding NO2 is 1. The highest BCUT2D eigenvalue weighted by Crippen LogP contribution is 2.28. The van der Waals surface area contributed by atoms with Crippen LogP contribution in [0.1, 0.15) is 65.7 Å². The van der Waals surface area contributed by atoms with Gasteiger partial charge >= 0.3 is 5.97 Å². The lowest BCUT2D eigenvalue weighted by Gasteiger charge is -2.23. The van der Waals surface area contributed by atoms with Gasteiger partial charge in [-0.05, 0) is 30.3 Å². The third-order valence-corrected chi connectivity index (χ3v) is 4.02. The number of esters is 1. The van der Waals surface area contributed by atoms with Crippen molar-refractivity contribution < 1.29 is 9.53 Å². The van der Waals surface area contributed by atoms with Crippen LogP contribution in [0.2, 0.25) is 0 Å². The monoisotopic (exact) mass is 307 g/mol. The summed E-state index contributed by atoms with van der Waals surface area (Å²) in [6.07, 6.45) is 12.7. The van der Waals surface area contributed by atoms with Crippen molar-refractivity contribution >= 4 is 5.97 Å². The minimum absolute atomic E-state index is 0.0452. The second kappa shape index (κ2) is 9.54. The Hall–Kier alpha value is -1.45. The van der Waals surface area contributed by atoms with E-state index in [1.54, 1.807) is 0 Å². The topological polar surface area (TPSA) is 55.7 Å². The van der Waals surface area contributed by atoms with E-state index >= 15 is 0 Å². The molecule has 4 heteroatoms. The SMILES string of the molecule is CCCCCC(C)(C)CC(=O)OCC(N=O)C1=CCCC=C1. The maximum absolute atomic E-state index is 12.0. The molecule has 0 radical (unpaired) electrons. The van der Waals surface area contributed by atoms with E-state index in [2.05, 4.69) is 25.9 Å². The number of ether oxygens (including phenoxy) is 1. The number of allylic oxidation sites excluding steroid dienone is 2. The largest absolute Gasteiger partial charge is 0.463 e. The normalized spacial score (nSPS) is 16.0. The van der Waals surface area contributed by atoms with Crippen molar-refractivity contribution in [1.82, 2.24) is 0 Å². The number of nitrogens with zero attached hydrogens (tertiary/aromatic N) is 1. The van der Waals surface area contributed by atoms with Gasteiger partial charge in [-0.3, -0.25) is 4.79 Å². The van der Waals surface area contributed by atoms with Gasteiger partial charge in [0.1, 0.15) is 6.61 Å². The molecule has 22 heavy (non-hydrogen) atoms. The van der Waals surface area contributed by atoms with E-state index in [-0.39, 0.29) is 18.0 Å². The number of hydrogen-bond acceptors (Lipinski definition) is 4. The van der Waals surface area contributed by atoms with Gasteiger partial charge in [0.15, 0.2) is 6.04 Å². The molecular weight excluding hydrogens is 278 g/mol. The van der Waals surface area contributed by atoms with E-state index in [1.807, 2.05) is 18.2 Å². The molecule has 0 aromatic heterocycles. The minimum Gasteiger partial charge on any atom is -0.463 e. The van der Waals surface area contributed by atoms with E-state index in [4.69, 9.17) is 4.74 Å². The first-order valence-electron chi connectivity index (χ1n) is 8.33. The van der Waals surface area contributed by atoms with E-state index in [0.717, 1.165) is 31.3 Å². The predicted molar refractivity (Wildman–Crippen MR) is 89.5 cm³/mol. The molecule has 0 fully saturated rings. The molecular formula is C18H29NO3. The van der Waals surface area contributed by atoms with E-state index < -0.39 is 6.04 Å². The summed E-state index contributed by atoms with van der Waals surface area (Å²) < 4.78 is 5.28. The first-order chi connectivity index (χ1) is 10.5. The van der Waals surface area contributed by atoms with Crippen LogP contribution in [-0.4, -0.2) is 18.6 Å². The van der Waals surface area contributed by atoms with Gasteiger partial charge in [-0.1, -0.05) is 63.4 Å². The van der Waals surface area contributed by atoms with Crippen LogP contribution < -0.4 is 0 Å². The highest BCUT2D eigenvalue weighted by atomic mass is 16.5. The maximum Gasteiger partial charge on any atom is 0.306 e. The first-order valence-corrected chi connectivity index (χ1v) is 8.33. The van der Waals surface area contributed by atoms with E-state index in [0.29, 0.717) is 6.42 Å². The van der Waals surface area contributed by atoms with Crippen molar-refractivity contribution in [1.29, 1.82) is 0 Å². The molecule has 0 aliphatic heterocycles. The first kappa shape index (κ1) is 18.6. The second-order valence-corrected chi connectivity index (χ2v) is 6.79. The Bertz CT molecular complexity index is 424. The van der Waals surface area contributed by atoms with Gasteiger partial charge in [-0.15, -0.1) is 0 Å². The molecule has 0 saturated carbocycles. The van der Waals surface area contributed by atoms with Gasteiger partial charge in [0.25, 0.3) is 0 Å². The zero-order valence-corrected chi connectivity index (χ0v) is 14.1. The highest BCUT2D eigenvalue weighted by Gasteiger charge is 2.24. The highest BCUT2D eigenvalue weighted by molar-refractivity contribution is 5.70. The van der Waals surface area contributed by atoms with Crippen LogP contribution >= 0.6 is 0 Å². The molecule has 0 heterocycles. The van der Waals surface area contributed by atoms with E-state index in [1.165, 1.54) is 12.8 Å². The number of hydrogen-bond donors (Lipinski definition) is 0. The third kappa shape index (κ3) is 7.01. The predicted octanol–water partition coefficient (Wildman–Crippen LogP) is 4.94. The Morgan fingerprint density at radius 3 is 2.73 bits per heavy atom. The summed E-state index contributed by atoms with van der Waals surface area (Å²) in [6.45, 7) is 6.39. The van der Waals surface area contributed by atoms with Crippen LogP contribution in [-0.2, 0) is 9.53 Å². The zero-order valence-electron chi connectivity index (χ0n) is 14.1. The fourth-order valence-corrected chi connectivity index (χ4v) is 2.62. The lowest BCUT2D eigenvalue weighted by atomic mass is 9.84. The van der Waals surface area contributed by atoms with Crippen molar-refractivity contribution in [3.8, 4) is 0 Å². The second-order valence-electron chi connectivity index (χ2n) is 6.79. The van der Waals surface area contributed by atoms with Crippen molar-refractivity contribution in [2.45, 2.75) is 71.8 Å². The molecule has 1 aliphatic rings. The molecule has 1 unspecified atom stereocenters. The Labute approximate surface area is 134 Å². The Balaban J connectivity index is 2.39. The standard InChI is InChI=1S/C18H29NO3/c1-4-5-9-12-18(2,3)13-17(20)22-14-16(19-21)15-10-7-6-8-11-15/h7,10-11,16H,4-6,8-9,12-14H2,1-3H3. The summed E-state index contributed by atoms with van der Waals surface area (Å²) in [5, 5.41) is 3.09. The van der Waals surface area contributed by atoms with Crippen molar-refractivity contribution in [2.75, 3.05) is 6.61 Å².